The lowest BCUT2D eigenvalue weighted by atomic mass is 9.85. The van der Waals surface area contributed by atoms with Crippen molar-refractivity contribution in [2.45, 2.75) is 37.6 Å². The molecule has 4 heteroatoms. The number of carboxylic acids is 1. The molecule has 0 aromatic carbocycles. The highest BCUT2D eigenvalue weighted by Gasteiger charge is 2.52. The largest absolute Gasteiger partial charge is 0.481 e. The lowest BCUT2D eigenvalue weighted by molar-refractivity contribution is -0.138. The van der Waals surface area contributed by atoms with Crippen LogP contribution < -0.4 is 0 Å². The molecular formula is C8H12O4. The van der Waals surface area contributed by atoms with Crippen molar-refractivity contribution >= 4 is 5.97 Å². The Morgan fingerprint density at radius 3 is 2.83 bits per heavy atom. The lowest BCUT2D eigenvalue weighted by Crippen LogP contribution is -2.28. The summed E-state index contributed by atoms with van der Waals surface area (Å²) >= 11 is 0. The van der Waals surface area contributed by atoms with Crippen molar-refractivity contribution in [3.8, 4) is 0 Å². The standard InChI is InChI=1S/C8H12O4/c9-5-2-1-4(3-6(10)11)7-8(5)12-7/h4-5,7-9H,1-3H2,(H,10,11)/t4-,5+,7+,8-/m0/s1. The maximum Gasteiger partial charge on any atom is 0.303 e. The van der Waals surface area contributed by atoms with E-state index in [1.165, 1.54) is 0 Å². The Hall–Kier alpha value is -0.610. The maximum atomic E-state index is 10.4. The molecule has 2 N–H and O–H groups in total. The molecule has 1 aliphatic carbocycles. The topological polar surface area (TPSA) is 70.1 Å². The molecule has 0 spiro atoms. The summed E-state index contributed by atoms with van der Waals surface area (Å²) in [6.45, 7) is 0. The molecule has 0 aromatic rings. The number of carbonyl (C=O) groups is 1. The minimum atomic E-state index is -0.773. The Labute approximate surface area is 70.1 Å². The summed E-state index contributed by atoms with van der Waals surface area (Å²) in [7, 11) is 0. The Balaban J connectivity index is 1.90. The lowest BCUT2D eigenvalue weighted by Gasteiger charge is -2.19. The zero-order chi connectivity index (χ0) is 8.72. The van der Waals surface area contributed by atoms with Crippen molar-refractivity contribution in [1.29, 1.82) is 0 Å². The SMILES string of the molecule is O=C(O)C[C@@H]1CC[C@@H](O)[C@@H]2O[C@H]12. The van der Waals surface area contributed by atoms with Crippen LogP contribution in [0, 0.1) is 5.92 Å². The average molecular weight is 172 g/mol. The first-order valence-corrected chi connectivity index (χ1v) is 4.24. The smallest absolute Gasteiger partial charge is 0.303 e. The van der Waals surface area contributed by atoms with Gasteiger partial charge in [0.05, 0.1) is 18.6 Å². The van der Waals surface area contributed by atoms with E-state index in [-0.39, 0.29) is 30.7 Å². The number of epoxide rings is 1. The molecule has 2 fully saturated rings. The number of fused-ring (bicyclic) bond motifs is 1. The first-order valence-electron chi connectivity index (χ1n) is 4.24. The van der Waals surface area contributed by atoms with Gasteiger partial charge in [0.25, 0.3) is 0 Å². The molecule has 1 saturated heterocycles. The molecule has 0 unspecified atom stereocenters. The molecule has 68 valence electrons. The Morgan fingerprint density at radius 2 is 2.17 bits per heavy atom. The normalized spacial score (nSPS) is 45.1. The summed E-state index contributed by atoms with van der Waals surface area (Å²) in [5.74, 6) is -0.651. The van der Waals surface area contributed by atoms with Crippen LogP contribution in [-0.2, 0) is 9.53 Å². The highest BCUT2D eigenvalue weighted by Crippen LogP contribution is 2.42. The summed E-state index contributed by atoms with van der Waals surface area (Å²) in [6.07, 6.45) is 1.22. The molecule has 0 amide bonds. The minimum Gasteiger partial charge on any atom is -0.481 e. The Morgan fingerprint density at radius 1 is 1.42 bits per heavy atom. The molecular weight excluding hydrogens is 160 g/mol. The number of aliphatic hydroxyl groups excluding tert-OH is 1. The van der Waals surface area contributed by atoms with Gasteiger partial charge in [-0.05, 0) is 18.8 Å². The fraction of sp³-hybridized carbons (Fsp3) is 0.875. The summed E-state index contributed by atoms with van der Waals surface area (Å²) in [5, 5.41) is 17.8. The van der Waals surface area contributed by atoms with Gasteiger partial charge in [-0.25, -0.2) is 0 Å². The van der Waals surface area contributed by atoms with Crippen LogP contribution in [0.2, 0.25) is 0 Å². The van der Waals surface area contributed by atoms with Crippen LogP contribution in [0.4, 0.5) is 0 Å². The quantitative estimate of drug-likeness (QED) is 0.575. The van der Waals surface area contributed by atoms with Gasteiger partial charge in [0.15, 0.2) is 0 Å². The van der Waals surface area contributed by atoms with E-state index in [1.807, 2.05) is 0 Å². The predicted molar refractivity (Wildman–Crippen MR) is 39.6 cm³/mol. The number of aliphatic carboxylic acids is 1. The first-order chi connectivity index (χ1) is 5.68. The molecule has 2 rings (SSSR count). The summed E-state index contributed by atoms with van der Waals surface area (Å²) in [6, 6.07) is 0. The molecule has 12 heavy (non-hydrogen) atoms. The van der Waals surface area contributed by atoms with E-state index >= 15 is 0 Å². The van der Waals surface area contributed by atoms with E-state index in [9.17, 15) is 9.90 Å². The van der Waals surface area contributed by atoms with Crippen LogP contribution in [-0.4, -0.2) is 34.5 Å². The molecule has 4 atom stereocenters. The fourth-order valence-electron chi connectivity index (χ4n) is 1.98. The van der Waals surface area contributed by atoms with E-state index in [1.54, 1.807) is 0 Å². The van der Waals surface area contributed by atoms with Gasteiger partial charge in [-0.3, -0.25) is 4.79 Å². The zero-order valence-corrected chi connectivity index (χ0v) is 6.64. The van der Waals surface area contributed by atoms with Gasteiger partial charge >= 0.3 is 5.97 Å². The van der Waals surface area contributed by atoms with E-state index in [0.717, 1.165) is 6.42 Å². The van der Waals surface area contributed by atoms with E-state index in [4.69, 9.17) is 9.84 Å². The van der Waals surface area contributed by atoms with Gasteiger partial charge in [0, 0.05) is 0 Å². The molecule has 0 bridgehead atoms. The fourth-order valence-corrected chi connectivity index (χ4v) is 1.98. The predicted octanol–water partition coefficient (Wildman–Crippen LogP) is -0.000600. The monoisotopic (exact) mass is 172 g/mol. The maximum absolute atomic E-state index is 10.4. The second kappa shape index (κ2) is 2.71. The van der Waals surface area contributed by atoms with E-state index < -0.39 is 5.97 Å². The number of ether oxygens (including phenoxy) is 1. The van der Waals surface area contributed by atoms with Crippen molar-refractivity contribution in [2.75, 3.05) is 0 Å². The summed E-state index contributed by atoms with van der Waals surface area (Å²) < 4.78 is 5.19. The highest BCUT2D eigenvalue weighted by molar-refractivity contribution is 5.67. The van der Waals surface area contributed by atoms with Crippen LogP contribution in [0.3, 0.4) is 0 Å². The van der Waals surface area contributed by atoms with E-state index in [2.05, 4.69) is 0 Å². The zero-order valence-electron chi connectivity index (χ0n) is 6.64. The van der Waals surface area contributed by atoms with Crippen molar-refractivity contribution in [3.05, 3.63) is 0 Å². The Kier molecular flexibility index (Phi) is 1.81. The van der Waals surface area contributed by atoms with Crippen LogP contribution in [0.1, 0.15) is 19.3 Å². The van der Waals surface area contributed by atoms with E-state index in [0.29, 0.717) is 6.42 Å². The third-order valence-corrected chi connectivity index (χ3v) is 2.68. The second-order valence-electron chi connectivity index (χ2n) is 3.57. The Bertz CT molecular complexity index is 203. The number of rotatable bonds is 2. The first kappa shape index (κ1) is 8.01. The van der Waals surface area contributed by atoms with Crippen LogP contribution in [0.5, 0.6) is 0 Å². The van der Waals surface area contributed by atoms with Crippen LogP contribution >= 0.6 is 0 Å². The van der Waals surface area contributed by atoms with Crippen LogP contribution in [0.15, 0.2) is 0 Å². The highest BCUT2D eigenvalue weighted by atomic mass is 16.6. The second-order valence-corrected chi connectivity index (χ2v) is 3.57. The van der Waals surface area contributed by atoms with Crippen molar-refractivity contribution in [2.24, 2.45) is 5.92 Å². The molecule has 0 radical (unpaired) electrons. The molecule has 1 saturated carbocycles. The molecule has 1 aliphatic heterocycles. The number of carboxylic acid groups (broad SMARTS) is 1. The van der Waals surface area contributed by atoms with Gasteiger partial charge in [-0.2, -0.15) is 0 Å². The summed E-state index contributed by atoms with van der Waals surface area (Å²) in [4.78, 5) is 10.4. The average Bonchev–Trinajstić information content (AvgIpc) is 2.73. The third-order valence-electron chi connectivity index (χ3n) is 2.68. The number of aliphatic hydroxyl groups is 1. The van der Waals surface area contributed by atoms with Crippen molar-refractivity contribution < 1.29 is 19.7 Å². The minimum absolute atomic E-state index is 0.0184. The van der Waals surface area contributed by atoms with Gasteiger partial charge in [0.1, 0.15) is 6.10 Å². The summed E-state index contributed by atoms with van der Waals surface area (Å²) in [5.41, 5.74) is 0. The van der Waals surface area contributed by atoms with Crippen molar-refractivity contribution in [1.82, 2.24) is 0 Å². The molecule has 0 aromatic heterocycles. The van der Waals surface area contributed by atoms with Crippen molar-refractivity contribution in [3.63, 3.8) is 0 Å². The van der Waals surface area contributed by atoms with Crippen LogP contribution in [0.25, 0.3) is 0 Å². The number of hydrogen-bond donors (Lipinski definition) is 2. The molecule has 4 nitrogen and oxygen atoms in total. The van der Waals surface area contributed by atoms with Gasteiger partial charge in [-0.15, -0.1) is 0 Å². The molecule has 2 aliphatic rings. The van der Waals surface area contributed by atoms with Gasteiger partial charge in [0.2, 0.25) is 0 Å². The number of hydrogen-bond acceptors (Lipinski definition) is 3. The van der Waals surface area contributed by atoms with Gasteiger partial charge in [-0.1, -0.05) is 0 Å². The van der Waals surface area contributed by atoms with Gasteiger partial charge < -0.3 is 14.9 Å². The third kappa shape index (κ3) is 1.32. The molecule has 1 heterocycles.